The molecule has 42 heavy (non-hydrogen) atoms. The summed E-state index contributed by atoms with van der Waals surface area (Å²) in [5.74, 6) is 0.474. The van der Waals surface area contributed by atoms with E-state index in [1.165, 1.54) is 6.92 Å². The summed E-state index contributed by atoms with van der Waals surface area (Å²) < 4.78 is 1.69. The van der Waals surface area contributed by atoms with Crippen molar-refractivity contribution in [3.05, 3.63) is 47.3 Å². The summed E-state index contributed by atoms with van der Waals surface area (Å²) in [5, 5.41) is 16.5. The predicted octanol–water partition coefficient (Wildman–Crippen LogP) is 3.66. The summed E-state index contributed by atoms with van der Waals surface area (Å²) in [5.41, 5.74) is 3.28. The number of aromatic nitrogens is 2. The van der Waals surface area contributed by atoms with Crippen LogP contribution in [-0.2, 0) is 20.8 Å². The van der Waals surface area contributed by atoms with E-state index in [0.29, 0.717) is 23.2 Å². The highest BCUT2D eigenvalue weighted by atomic mass is 16.2. The van der Waals surface area contributed by atoms with E-state index < -0.39 is 12.1 Å². The SMILES string of the molecule is CC(=O)N[C@@H](C(=O)N[C@@H]1CCc2cc(NC(=O)[C@@H](NC(=O)c3ccnn3C(C)C)C(C3CC3)C3CC3)ccc21)C1CC1. The number of hydrogen-bond donors (Lipinski definition) is 4. The first-order valence-electron chi connectivity index (χ1n) is 15.5. The van der Waals surface area contributed by atoms with Gasteiger partial charge in [-0.1, -0.05) is 6.07 Å². The second kappa shape index (κ2) is 11.5. The molecule has 4 N–H and O–H groups in total. The molecule has 0 radical (unpaired) electrons. The molecule has 1 aromatic carbocycles. The van der Waals surface area contributed by atoms with Crippen molar-refractivity contribution in [3.63, 3.8) is 0 Å². The van der Waals surface area contributed by atoms with Crippen molar-refractivity contribution in [1.29, 1.82) is 0 Å². The number of amides is 4. The van der Waals surface area contributed by atoms with Gasteiger partial charge in [-0.2, -0.15) is 5.10 Å². The Morgan fingerprint density at radius 3 is 2.19 bits per heavy atom. The van der Waals surface area contributed by atoms with Crippen LogP contribution in [0.1, 0.15) is 99.4 Å². The van der Waals surface area contributed by atoms with Gasteiger partial charge in [0.1, 0.15) is 17.8 Å². The smallest absolute Gasteiger partial charge is 0.270 e. The summed E-state index contributed by atoms with van der Waals surface area (Å²) in [6, 6.07) is 6.34. The molecule has 1 aromatic heterocycles. The lowest BCUT2D eigenvalue weighted by Gasteiger charge is -2.28. The summed E-state index contributed by atoms with van der Waals surface area (Å²) in [4.78, 5) is 51.9. The van der Waals surface area contributed by atoms with Crippen molar-refractivity contribution >= 4 is 29.3 Å². The fourth-order valence-corrected chi connectivity index (χ4v) is 6.72. The standard InChI is InChI=1S/C32H42N6O4/c1-17(2)38-26(14-15-33-38)30(40)37-29(27(19-4-5-19)20-6-7-20)32(42)35-23-11-12-24-22(16-23)10-13-25(24)36-31(41)28(21-8-9-21)34-18(3)39/h11-12,14-17,19-21,25,27-29H,4-10,13H2,1-3H3,(H,34,39)(H,35,42)(H,36,41)(H,37,40)/t25-,28-,29+/m1/s1. The van der Waals surface area contributed by atoms with Crippen molar-refractivity contribution in [2.45, 2.75) is 96.3 Å². The Kier molecular flexibility index (Phi) is 7.81. The minimum Gasteiger partial charge on any atom is -0.347 e. The van der Waals surface area contributed by atoms with Gasteiger partial charge in [0.2, 0.25) is 17.7 Å². The highest BCUT2D eigenvalue weighted by Gasteiger charge is 2.48. The fraction of sp³-hybridized carbons (Fsp3) is 0.594. The molecule has 6 rings (SSSR count). The number of aryl methyl sites for hydroxylation is 1. The Balaban J connectivity index is 1.15. The number of anilines is 1. The van der Waals surface area contributed by atoms with E-state index in [1.54, 1.807) is 16.9 Å². The van der Waals surface area contributed by atoms with Crippen molar-refractivity contribution in [1.82, 2.24) is 25.7 Å². The molecule has 3 fully saturated rings. The maximum atomic E-state index is 13.8. The molecule has 0 spiro atoms. The van der Waals surface area contributed by atoms with Crippen LogP contribution in [0.25, 0.3) is 0 Å². The Bertz CT molecular complexity index is 1360. The van der Waals surface area contributed by atoms with Gasteiger partial charge in [-0.15, -0.1) is 0 Å². The van der Waals surface area contributed by atoms with Gasteiger partial charge in [-0.05, 0) is 118 Å². The molecule has 1 heterocycles. The van der Waals surface area contributed by atoms with Gasteiger partial charge in [0.15, 0.2) is 0 Å². The summed E-state index contributed by atoms with van der Waals surface area (Å²) >= 11 is 0. The van der Waals surface area contributed by atoms with Crippen molar-refractivity contribution in [2.75, 3.05) is 5.32 Å². The molecule has 3 atom stereocenters. The number of benzene rings is 1. The topological polar surface area (TPSA) is 134 Å². The Morgan fingerprint density at radius 1 is 0.881 bits per heavy atom. The van der Waals surface area contributed by atoms with Gasteiger partial charge in [-0.25, -0.2) is 0 Å². The first-order valence-corrected chi connectivity index (χ1v) is 15.5. The molecule has 4 aliphatic carbocycles. The minimum absolute atomic E-state index is 0.0284. The van der Waals surface area contributed by atoms with E-state index in [1.807, 2.05) is 32.0 Å². The van der Waals surface area contributed by atoms with E-state index in [-0.39, 0.29) is 47.5 Å². The maximum absolute atomic E-state index is 13.8. The van der Waals surface area contributed by atoms with Gasteiger partial charge in [-0.3, -0.25) is 23.9 Å². The fourth-order valence-electron chi connectivity index (χ4n) is 6.72. The van der Waals surface area contributed by atoms with Gasteiger partial charge in [0.25, 0.3) is 5.91 Å². The molecular formula is C32H42N6O4. The Hall–Kier alpha value is -3.69. The van der Waals surface area contributed by atoms with Crippen LogP contribution in [0.3, 0.4) is 0 Å². The molecule has 0 bridgehead atoms. The van der Waals surface area contributed by atoms with Crippen LogP contribution in [-0.4, -0.2) is 45.5 Å². The zero-order valence-electron chi connectivity index (χ0n) is 24.7. The second-order valence-corrected chi connectivity index (χ2v) is 13.0. The van der Waals surface area contributed by atoms with E-state index in [2.05, 4.69) is 26.4 Å². The molecule has 10 nitrogen and oxygen atoms in total. The van der Waals surface area contributed by atoms with Gasteiger partial charge < -0.3 is 21.3 Å². The lowest BCUT2D eigenvalue weighted by Crippen LogP contribution is -2.50. The first-order chi connectivity index (χ1) is 20.2. The molecule has 0 saturated heterocycles. The van der Waals surface area contributed by atoms with Crippen LogP contribution in [0.4, 0.5) is 5.69 Å². The highest BCUT2D eigenvalue weighted by Crippen LogP contribution is 2.51. The third-order valence-electron chi connectivity index (χ3n) is 9.22. The zero-order chi connectivity index (χ0) is 29.5. The van der Waals surface area contributed by atoms with E-state index in [9.17, 15) is 19.2 Å². The molecular weight excluding hydrogens is 532 g/mol. The van der Waals surface area contributed by atoms with Crippen LogP contribution >= 0.6 is 0 Å². The third-order valence-corrected chi connectivity index (χ3v) is 9.22. The number of carbonyl (C=O) groups is 4. The van der Waals surface area contributed by atoms with Crippen LogP contribution in [0.2, 0.25) is 0 Å². The lowest BCUT2D eigenvalue weighted by atomic mass is 9.88. The first kappa shape index (κ1) is 28.4. The minimum atomic E-state index is -0.624. The summed E-state index contributed by atoms with van der Waals surface area (Å²) in [7, 11) is 0. The van der Waals surface area contributed by atoms with E-state index in [4.69, 9.17) is 0 Å². The monoisotopic (exact) mass is 574 g/mol. The number of carbonyl (C=O) groups excluding carboxylic acids is 4. The number of fused-ring (bicyclic) bond motifs is 1. The molecule has 0 unspecified atom stereocenters. The molecule has 224 valence electrons. The van der Waals surface area contributed by atoms with E-state index >= 15 is 0 Å². The average molecular weight is 575 g/mol. The van der Waals surface area contributed by atoms with Crippen LogP contribution < -0.4 is 21.3 Å². The largest absolute Gasteiger partial charge is 0.347 e. The van der Waals surface area contributed by atoms with E-state index in [0.717, 1.165) is 62.5 Å². The number of hydrogen-bond acceptors (Lipinski definition) is 5. The molecule has 4 amide bonds. The van der Waals surface area contributed by atoms with Crippen molar-refractivity contribution < 1.29 is 19.2 Å². The Morgan fingerprint density at radius 2 is 1.57 bits per heavy atom. The molecule has 0 aliphatic heterocycles. The second-order valence-electron chi connectivity index (χ2n) is 13.0. The summed E-state index contributed by atoms with van der Waals surface area (Å²) in [6.45, 7) is 5.39. The maximum Gasteiger partial charge on any atom is 0.270 e. The molecule has 4 aliphatic rings. The van der Waals surface area contributed by atoms with Gasteiger partial charge in [0, 0.05) is 24.8 Å². The third kappa shape index (κ3) is 6.22. The average Bonchev–Trinajstić information content (AvgIpc) is 3.85. The quantitative estimate of drug-likeness (QED) is 0.307. The number of nitrogens with one attached hydrogen (secondary N) is 4. The van der Waals surface area contributed by atoms with Crippen LogP contribution in [0, 0.1) is 23.7 Å². The van der Waals surface area contributed by atoms with Crippen molar-refractivity contribution in [3.8, 4) is 0 Å². The highest BCUT2D eigenvalue weighted by molar-refractivity contribution is 6.01. The van der Waals surface area contributed by atoms with Crippen LogP contribution in [0.5, 0.6) is 0 Å². The van der Waals surface area contributed by atoms with Gasteiger partial charge in [0.05, 0.1) is 6.04 Å². The van der Waals surface area contributed by atoms with Crippen molar-refractivity contribution in [2.24, 2.45) is 23.7 Å². The molecule has 3 saturated carbocycles. The Labute approximate surface area is 246 Å². The van der Waals surface area contributed by atoms with Crippen LogP contribution in [0.15, 0.2) is 30.5 Å². The molecule has 2 aromatic rings. The number of nitrogens with zero attached hydrogens (tertiary/aromatic N) is 2. The number of rotatable bonds is 12. The summed E-state index contributed by atoms with van der Waals surface area (Å²) in [6.07, 6.45) is 9.46. The predicted molar refractivity (Wildman–Crippen MR) is 157 cm³/mol. The zero-order valence-corrected chi connectivity index (χ0v) is 24.7. The van der Waals surface area contributed by atoms with Gasteiger partial charge >= 0.3 is 0 Å². The lowest BCUT2D eigenvalue weighted by molar-refractivity contribution is -0.129. The molecule has 10 heteroatoms. The normalized spacial score (nSPS) is 21.0.